The minimum atomic E-state index is -0.795. The summed E-state index contributed by atoms with van der Waals surface area (Å²) >= 11 is 0. The second-order valence-corrected chi connectivity index (χ2v) is 8.46. The topological polar surface area (TPSA) is 23.5 Å². The molecule has 1 aliphatic carbocycles. The molecule has 0 aromatic heterocycles. The number of hydrogen-bond acceptors (Lipinski definition) is 2. The van der Waals surface area contributed by atoms with Crippen molar-refractivity contribution in [1.82, 2.24) is 4.90 Å². The van der Waals surface area contributed by atoms with E-state index in [4.69, 9.17) is 0 Å². The highest BCUT2D eigenvalue weighted by atomic mass is 16.3. The van der Waals surface area contributed by atoms with Crippen LogP contribution in [0, 0.1) is 19.8 Å². The van der Waals surface area contributed by atoms with E-state index in [1.807, 2.05) is 6.07 Å². The van der Waals surface area contributed by atoms with Gasteiger partial charge in [-0.15, -0.1) is 0 Å². The van der Waals surface area contributed by atoms with Gasteiger partial charge in [-0.25, -0.2) is 0 Å². The molecule has 27 heavy (non-hydrogen) atoms. The van der Waals surface area contributed by atoms with Crippen LogP contribution in [0.2, 0.25) is 0 Å². The van der Waals surface area contributed by atoms with Crippen molar-refractivity contribution in [2.24, 2.45) is 5.92 Å². The number of rotatable bonds is 5. The zero-order chi connectivity index (χ0) is 19.4. The third-order valence-corrected chi connectivity index (χ3v) is 5.92. The van der Waals surface area contributed by atoms with Crippen LogP contribution in [0.25, 0.3) is 6.08 Å². The van der Waals surface area contributed by atoms with Crippen molar-refractivity contribution in [2.75, 3.05) is 20.6 Å². The second kappa shape index (κ2) is 8.41. The molecular formula is C25H33NO. The maximum atomic E-state index is 12.1. The fraction of sp³-hybridized carbons (Fsp3) is 0.440. The Bertz CT molecular complexity index is 793. The molecule has 2 heteroatoms. The summed E-state index contributed by atoms with van der Waals surface area (Å²) in [6.07, 6.45) is 6.11. The molecule has 1 saturated carbocycles. The zero-order valence-electron chi connectivity index (χ0n) is 17.2. The quantitative estimate of drug-likeness (QED) is 0.806. The van der Waals surface area contributed by atoms with Gasteiger partial charge in [0.05, 0.1) is 5.60 Å². The molecule has 0 aliphatic heterocycles. The maximum absolute atomic E-state index is 12.1. The average Bonchev–Trinajstić information content (AvgIpc) is 2.62. The number of benzene rings is 2. The molecule has 1 aliphatic rings. The van der Waals surface area contributed by atoms with Crippen molar-refractivity contribution in [3.63, 3.8) is 0 Å². The van der Waals surface area contributed by atoms with Crippen molar-refractivity contribution >= 4 is 6.08 Å². The Morgan fingerprint density at radius 1 is 1.11 bits per heavy atom. The van der Waals surface area contributed by atoms with Gasteiger partial charge in [0.15, 0.2) is 0 Å². The van der Waals surface area contributed by atoms with E-state index in [2.05, 4.69) is 81.4 Å². The summed E-state index contributed by atoms with van der Waals surface area (Å²) < 4.78 is 0. The molecule has 0 bridgehead atoms. The first-order chi connectivity index (χ1) is 12.9. The highest BCUT2D eigenvalue weighted by Gasteiger charge is 2.42. The molecule has 3 rings (SSSR count). The molecule has 0 spiro atoms. The van der Waals surface area contributed by atoms with E-state index in [9.17, 15) is 5.11 Å². The van der Waals surface area contributed by atoms with Crippen LogP contribution in [0.3, 0.4) is 0 Å². The minimum absolute atomic E-state index is 0.246. The molecule has 1 N–H and O–H groups in total. The van der Waals surface area contributed by atoms with E-state index in [0.29, 0.717) is 6.42 Å². The fourth-order valence-electron chi connectivity index (χ4n) is 4.43. The van der Waals surface area contributed by atoms with E-state index in [1.165, 1.54) is 27.8 Å². The van der Waals surface area contributed by atoms with Crippen LogP contribution in [0.1, 0.15) is 41.5 Å². The van der Waals surface area contributed by atoms with E-state index < -0.39 is 5.60 Å². The molecule has 0 amide bonds. The van der Waals surface area contributed by atoms with Crippen molar-refractivity contribution in [1.29, 1.82) is 0 Å². The fourth-order valence-corrected chi connectivity index (χ4v) is 4.43. The smallest absolute Gasteiger partial charge is 0.0940 e. The van der Waals surface area contributed by atoms with Crippen molar-refractivity contribution in [3.8, 4) is 0 Å². The lowest BCUT2D eigenvalue weighted by Gasteiger charge is -2.44. The number of aliphatic hydroxyl groups is 1. The van der Waals surface area contributed by atoms with Gasteiger partial charge in [-0.2, -0.15) is 0 Å². The molecule has 2 nitrogen and oxygen atoms in total. The Balaban J connectivity index is 2.03. The summed E-state index contributed by atoms with van der Waals surface area (Å²) in [4.78, 5) is 2.21. The second-order valence-electron chi connectivity index (χ2n) is 8.46. The molecule has 2 unspecified atom stereocenters. The van der Waals surface area contributed by atoms with Crippen LogP contribution < -0.4 is 0 Å². The standard InChI is InChI=1S/C25H33NO/c1-19-13-14-20(2)22(15-19)17-25(27)23(16-21-9-6-5-7-10-21)11-8-12-24(25)18-26(3)4/h5-7,9-10,13-16,24,27H,8,11-12,17-18H2,1-4H3/b23-16-. The Labute approximate surface area is 164 Å². The van der Waals surface area contributed by atoms with Gasteiger partial charge in [-0.1, -0.05) is 60.2 Å². The summed E-state index contributed by atoms with van der Waals surface area (Å²) in [6, 6.07) is 17.0. The first-order valence-corrected chi connectivity index (χ1v) is 10.1. The van der Waals surface area contributed by atoms with Crippen LogP contribution in [0.15, 0.2) is 54.1 Å². The number of aryl methyl sites for hydroxylation is 2. The van der Waals surface area contributed by atoms with Crippen LogP contribution in [0.4, 0.5) is 0 Å². The van der Waals surface area contributed by atoms with Gasteiger partial charge in [0.1, 0.15) is 0 Å². The third-order valence-electron chi connectivity index (χ3n) is 5.92. The molecule has 1 fully saturated rings. The lowest BCUT2D eigenvalue weighted by molar-refractivity contribution is -0.0124. The summed E-state index contributed by atoms with van der Waals surface area (Å²) in [6.45, 7) is 5.20. The van der Waals surface area contributed by atoms with Gasteiger partial charge in [0.25, 0.3) is 0 Å². The Kier molecular flexibility index (Phi) is 6.18. The zero-order valence-corrected chi connectivity index (χ0v) is 17.2. The minimum Gasteiger partial charge on any atom is -0.385 e. The summed E-state index contributed by atoms with van der Waals surface area (Å²) in [7, 11) is 4.21. The molecule has 2 aromatic rings. The van der Waals surface area contributed by atoms with Crippen molar-refractivity contribution in [2.45, 2.75) is 45.1 Å². The average molecular weight is 364 g/mol. The Morgan fingerprint density at radius 3 is 2.56 bits per heavy atom. The van der Waals surface area contributed by atoms with Crippen molar-refractivity contribution < 1.29 is 5.11 Å². The van der Waals surface area contributed by atoms with Crippen LogP contribution in [-0.4, -0.2) is 36.2 Å². The lowest BCUT2D eigenvalue weighted by Crippen LogP contribution is -2.48. The largest absolute Gasteiger partial charge is 0.385 e. The Morgan fingerprint density at radius 2 is 1.85 bits per heavy atom. The Hall–Kier alpha value is -1.90. The molecule has 144 valence electrons. The highest BCUT2D eigenvalue weighted by Crippen LogP contribution is 2.42. The summed E-state index contributed by atoms with van der Waals surface area (Å²) in [5, 5.41) is 12.1. The van der Waals surface area contributed by atoms with Crippen LogP contribution in [0.5, 0.6) is 0 Å². The predicted molar refractivity (Wildman–Crippen MR) is 115 cm³/mol. The van der Waals surface area contributed by atoms with E-state index in [-0.39, 0.29) is 5.92 Å². The molecular weight excluding hydrogens is 330 g/mol. The number of nitrogens with zero attached hydrogens (tertiary/aromatic N) is 1. The van der Waals surface area contributed by atoms with E-state index >= 15 is 0 Å². The molecule has 0 heterocycles. The van der Waals surface area contributed by atoms with E-state index in [0.717, 1.165) is 25.8 Å². The van der Waals surface area contributed by atoms with Crippen LogP contribution >= 0.6 is 0 Å². The summed E-state index contributed by atoms with van der Waals surface area (Å²) in [5.74, 6) is 0.246. The van der Waals surface area contributed by atoms with Crippen LogP contribution in [-0.2, 0) is 6.42 Å². The monoisotopic (exact) mass is 363 g/mol. The van der Waals surface area contributed by atoms with Gasteiger partial charge in [-0.05, 0) is 69.5 Å². The SMILES string of the molecule is Cc1ccc(C)c(CC2(O)/C(=C\c3ccccc3)CCCC2CN(C)C)c1. The van der Waals surface area contributed by atoms with Gasteiger partial charge >= 0.3 is 0 Å². The van der Waals surface area contributed by atoms with Gasteiger partial charge in [0, 0.05) is 18.9 Å². The van der Waals surface area contributed by atoms with Gasteiger partial charge in [-0.3, -0.25) is 0 Å². The summed E-state index contributed by atoms with van der Waals surface area (Å²) in [5.41, 5.74) is 5.36. The lowest BCUT2D eigenvalue weighted by atomic mass is 9.68. The van der Waals surface area contributed by atoms with Crippen molar-refractivity contribution in [3.05, 3.63) is 76.4 Å². The number of hydrogen-bond donors (Lipinski definition) is 1. The molecule has 2 aromatic carbocycles. The molecule has 2 atom stereocenters. The first kappa shape index (κ1) is 19.9. The van der Waals surface area contributed by atoms with E-state index in [1.54, 1.807) is 0 Å². The van der Waals surface area contributed by atoms with Gasteiger partial charge in [0.2, 0.25) is 0 Å². The molecule has 0 saturated heterocycles. The highest BCUT2D eigenvalue weighted by molar-refractivity contribution is 5.56. The predicted octanol–water partition coefficient (Wildman–Crippen LogP) is 5.02. The normalized spacial score (nSPS) is 24.5. The van der Waals surface area contributed by atoms with Gasteiger partial charge < -0.3 is 10.0 Å². The first-order valence-electron chi connectivity index (χ1n) is 10.1. The molecule has 0 radical (unpaired) electrons. The maximum Gasteiger partial charge on any atom is 0.0940 e. The third kappa shape index (κ3) is 4.69.